The zero-order valence-electron chi connectivity index (χ0n) is 8.61. The highest BCUT2D eigenvalue weighted by molar-refractivity contribution is 6.34. The molecular weight excluding hydrogens is 232 g/mol. The molecule has 0 spiro atoms. The van der Waals surface area contributed by atoms with Crippen molar-refractivity contribution in [3.8, 4) is 0 Å². The van der Waals surface area contributed by atoms with Crippen LogP contribution in [0.5, 0.6) is 0 Å². The smallest absolute Gasteiger partial charge is 0.323 e. The van der Waals surface area contributed by atoms with Crippen LogP contribution in [-0.2, 0) is 4.79 Å². The molecule has 0 aromatic heterocycles. The Bertz CT molecular complexity index is 434. The summed E-state index contributed by atoms with van der Waals surface area (Å²) in [6, 6.07) is 4.48. The van der Waals surface area contributed by atoms with E-state index in [9.17, 15) is 9.59 Å². The second-order valence-electron chi connectivity index (χ2n) is 3.29. The highest BCUT2D eigenvalue weighted by Crippen LogP contribution is 2.20. The fourth-order valence-corrected chi connectivity index (χ4v) is 1.39. The van der Waals surface area contributed by atoms with E-state index in [1.54, 1.807) is 6.07 Å². The van der Waals surface area contributed by atoms with Gasteiger partial charge in [0.05, 0.1) is 10.6 Å². The van der Waals surface area contributed by atoms with Crippen molar-refractivity contribution in [3.63, 3.8) is 0 Å². The van der Waals surface area contributed by atoms with E-state index in [2.05, 4.69) is 0 Å². The number of rotatable bonds is 3. The maximum atomic E-state index is 11.8. The van der Waals surface area contributed by atoms with Crippen molar-refractivity contribution in [2.45, 2.75) is 0 Å². The number of amides is 1. The monoisotopic (exact) mass is 242 g/mol. The number of anilines is 1. The van der Waals surface area contributed by atoms with Crippen molar-refractivity contribution in [1.29, 1.82) is 0 Å². The molecule has 0 aliphatic heterocycles. The predicted octanol–water partition coefficient (Wildman–Crippen LogP) is 1.08. The number of nitrogens with two attached hydrogens (primary N) is 1. The molecule has 0 heterocycles. The summed E-state index contributed by atoms with van der Waals surface area (Å²) in [6.07, 6.45) is 0. The third kappa shape index (κ3) is 2.87. The number of carboxylic acid groups (broad SMARTS) is 1. The summed E-state index contributed by atoms with van der Waals surface area (Å²) in [5.74, 6) is -1.56. The summed E-state index contributed by atoms with van der Waals surface area (Å²) in [5.41, 5.74) is 6.12. The minimum atomic E-state index is -1.09. The van der Waals surface area contributed by atoms with E-state index in [4.69, 9.17) is 22.4 Å². The molecule has 0 saturated carbocycles. The van der Waals surface area contributed by atoms with Crippen LogP contribution < -0.4 is 5.73 Å². The average molecular weight is 243 g/mol. The number of halogens is 1. The standard InChI is InChI=1S/C10H11ClN2O3/c1-13(5-9(14)15)10(16)7-4-6(12)2-3-8(7)11/h2-4H,5,12H2,1H3,(H,14,15). The van der Waals surface area contributed by atoms with Gasteiger partial charge in [0.1, 0.15) is 6.54 Å². The molecule has 3 N–H and O–H groups in total. The third-order valence-electron chi connectivity index (χ3n) is 1.94. The van der Waals surface area contributed by atoms with Crippen LogP contribution >= 0.6 is 11.6 Å². The first-order valence-corrected chi connectivity index (χ1v) is 4.82. The second-order valence-corrected chi connectivity index (χ2v) is 3.70. The van der Waals surface area contributed by atoms with Gasteiger partial charge < -0.3 is 15.7 Å². The Morgan fingerprint density at radius 1 is 1.50 bits per heavy atom. The molecule has 0 atom stereocenters. The summed E-state index contributed by atoms with van der Waals surface area (Å²) in [6.45, 7) is -0.385. The van der Waals surface area contributed by atoms with Gasteiger partial charge in [-0.3, -0.25) is 9.59 Å². The quantitative estimate of drug-likeness (QED) is 0.777. The number of hydrogen-bond acceptors (Lipinski definition) is 3. The number of carboxylic acids is 1. The molecule has 0 unspecified atom stereocenters. The van der Waals surface area contributed by atoms with Gasteiger partial charge in [-0.15, -0.1) is 0 Å². The maximum absolute atomic E-state index is 11.8. The van der Waals surface area contributed by atoms with Crippen molar-refractivity contribution in [3.05, 3.63) is 28.8 Å². The van der Waals surface area contributed by atoms with Crippen LogP contribution in [0.25, 0.3) is 0 Å². The van der Waals surface area contributed by atoms with E-state index in [0.29, 0.717) is 5.69 Å². The van der Waals surface area contributed by atoms with Crippen LogP contribution in [0, 0.1) is 0 Å². The number of benzene rings is 1. The number of nitrogens with zero attached hydrogens (tertiary/aromatic N) is 1. The minimum Gasteiger partial charge on any atom is -0.480 e. The van der Waals surface area contributed by atoms with Gasteiger partial charge in [0.2, 0.25) is 0 Å². The number of nitrogen functional groups attached to an aromatic ring is 1. The lowest BCUT2D eigenvalue weighted by Gasteiger charge is -2.15. The van der Waals surface area contributed by atoms with Crippen LogP contribution in [0.3, 0.4) is 0 Å². The average Bonchev–Trinajstić information content (AvgIpc) is 2.19. The van der Waals surface area contributed by atoms with Crippen LogP contribution in [-0.4, -0.2) is 35.5 Å². The fraction of sp³-hybridized carbons (Fsp3) is 0.200. The van der Waals surface area contributed by atoms with Crippen molar-refractivity contribution in [1.82, 2.24) is 4.90 Å². The van der Waals surface area contributed by atoms with E-state index < -0.39 is 11.9 Å². The normalized spacial score (nSPS) is 9.88. The van der Waals surface area contributed by atoms with Gasteiger partial charge in [0, 0.05) is 12.7 Å². The highest BCUT2D eigenvalue weighted by atomic mass is 35.5. The first-order valence-electron chi connectivity index (χ1n) is 4.44. The van der Waals surface area contributed by atoms with E-state index in [-0.39, 0.29) is 17.1 Å². The molecule has 0 fully saturated rings. The summed E-state index contributed by atoms with van der Waals surface area (Å²) in [7, 11) is 1.38. The number of carbonyl (C=O) groups is 2. The highest BCUT2D eigenvalue weighted by Gasteiger charge is 2.17. The Kier molecular flexibility index (Phi) is 3.73. The summed E-state index contributed by atoms with van der Waals surface area (Å²) >= 11 is 5.82. The molecular formula is C10H11ClN2O3. The topological polar surface area (TPSA) is 83.6 Å². The Morgan fingerprint density at radius 3 is 2.69 bits per heavy atom. The zero-order chi connectivity index (χ0) is 12.3. The van der Waals surface area contributed by atoms with Crippen LogP contribution in [0.1, 0.15) is 10.4 Å². The van der Waals surface area contributed by atoms with Gasteiger partial charge in [0.25, 0.3) is 5.91 Å². The van der Waals surface area contributed by atoms with Gasteiger partial charge in [-0.2, -0.15) is 0 Å². The van der Waals surface area contributed by atoms with E-state index in [1.807, 2.05) is 0 Å². The molecule has 1 aromatic rings. The summed E-state index contributed by atoms with van der Waals surface area (Å²) < 4.78 is 0. The number of hydrogen-bond donors (Lipinski definition) is 2. The molecule has 6 heteroatoms. The minimum absolute atomic E-state index is 0.199. The first-order chi connectivity index (χ1) is 7.41. The fourth-order valence-electron chi connectivity index (χ4n) is 1.19. The molecule has 16 heavy (non-hydrogen) atoms. The van der Waals surface area contributed by atoms with Crippen molar-refractivity contribution in [2.75, 3.05) is 19.3 Å². The molecule has 0 aliphatic rings. The Balaban J connectivity index is 2.95. The Morgan fingerprint density at radius 2 is 2.12 bits per heavy atom. The molecule has 0 aliphatic carbocycles. The van der Waals surface area contributed by atoms with Crippen molar-refractivity contribution < 1.29 is 14.7 Å². The summed E-state index contributed by atoms with van der Waals surface area (Å²) in [4.78, 5) is 23.3. The molecule has 1 amide bonds. The molecule has 0 radical (unpaired) electrons. The van der Waals surface area contributed by atoms with Gasteiger partial charge >= 0.3 is 5.97 Å². The lowest BCUT2D eigenvalue weighted by Crippen LogP contribution is -2.32. The van der Waals surface area contributed by atoms with Crippen molar-refractivity contribution in [2.24, 2.45) is 0 Å². The lowest BCUT2D eigenvalue weighted by atomic mass is 10.2. The molecule has 0 bridgehead atoms. The molecule has 86 valence electrons. The number of likely N-dealkylation sites (N-methyl/N-ethyl adjacent to an activating group) is 1. The van der Waals surface area contributed by atoms with E-state index in [1.165, 1.54) is 19.2 Å². The maximum Gasteiger partial charge on any atom is 0.323 e. The number of aliphatic carboxylic acids is 1. The SMILES string of the molecule is CN(CC(=O)O)C(=O)c1cc(N)ccc1Cl. The Labute approximate surface area is 97.4 Å². The van der Waals surface area contributed by atoms with Gasteiger partial charge in [0.15, 0.2) is 0 Å². The van der Waals surface area contributed by atoms with Gasteiger partial charge in [-0.05, 0) is 18.2 Å². The van der Waals surface area contributed by atoms with Crippen LogP contribution in [0.4, 0.5) is 5.69 Å². The molecule has 1 aromatic carbocycles. The largest absolute Gasteiger partial charge is 0.480 e. The second kappa shape index (κ2) is 4.85. The molecule has 0 saturated heterocycles. The number of carbonyl (C=O) groups excluding carboxylic acids is 1. The van der Waals surface area contributed by atoms with Gasteiger partial charge in [-0.1, -0.05) is 11.6 Å². The lowest BCUT2D eigenvalue weighted by molar-refractivity contribution is -0.137. The van der Waals surface area contributed by atoms with Crippen LogP contribution in [0.15, 0.2) is 18.2 Å². The van der Waals surface area contributed by atoms with Gasteiger partial charge in [-0.25, -0.2) is 0 Å². The molecule has 5 nitrogen and oxygen atoms in total. The Hall–Kier alpha value is -1.75. The third-order valence-corrected chi connectivity index (χ3v) is 2.27. The molecule has 1 rings (SSSR count). The summed E-state index contributed by atoms with van der Waals surface area (Å²) in [5, 5.41) is 8.80. The first kappa shape index (κ1) is 12.3. The zero-order valence-corrected chi connectivity index (χ0v) is 9.36. The van der Waals surface area contributed by atoms with E-state index in [0.717, 1.165) is 4.90 Å². The van der Waals surface area contributed by atoms with Crippen molar-refractivity contribution >= 4 is 29.2 Å². The predicted molar refractivity (Wildman–Crippen MR) is 60.5 cm³/mol. The van der Waals surface area contributed by atoms with E-state index >= 15 is 0 Å². The van der Waals surface area contributed by atoms with Crippen LogP contribution in [0.2, 0.25) is 5.02 Å².